The molecule has 0 aliphatic heterocycles. The Morgan fingerprint density at radius 3 is 1.10 bits per heavy atom. The number of hydrogen-bond donors (Lipinski definition) is 0. The summed E-state index contributed by atoms with van der Waals surface area (Å²) in [5.41, 5.74) is 0. The molecule has 0 heteroatoms. The van der Waals surface area contributed by atoms with Gasteiger partial charge in [0.25, 0.3) is 0 Å². The average Bonchev–Trinajstić information content (AvgIpc) is 2.47. The van der Waals surface area contributed by atoms with Crippen molar-refractivity contribution < 1.29 is 0 Å². The van der Waals surface area contributed by atoms with Gasteiger partial charge in [0, 0.05) is 6.42 Å². The number of rotatable bonds is 16. The number of unbranched alkanes of at least 4 members (excludes halogenated alkanes) is 16. The lowest BCUT2D eigenvalue weighted by Gasteiger charge is -2.03. The summed E-state index contributed by atoms with van der Waals surface area (Å²) < 4.78 is 0. The van der Waals surface area contributed by atoms with Gasteiger partial charge in [0.2, 0.25) is 0 Å². The molecule has 116 valence electrons. The Morgan fingerprint density at radius 2 is 0.800 bits per heavy atom. The Labute approximate surface area is 129 Å². The highest BCUT2D eigenvalue weighted by Crippen LogP contribution is 2.13. The molecule has 20 heavy (non-hydrogen) atoms. The highest BCUT2D eigenvalue weighted by molar-refractivity contribution is 4.74. The first-order valence-corrected chi connectivity index (χ1v) is 9.10. The van der Waals surface area contributed by atoms with Gasteiger partial charge in [-0.05, 0) is 12.8 Å². The van der Waals surface area contributed by atoms with Crippen LogP contribution in [-0.2, 0) is 0 Å². The van der Waals surface area contributed by atoms with Gasteiger partial charge in [0.1, 0.15) is 0 Å². The van der Waals surface area contributed by atoms with E-state index in [0.717, 1.165) is 19.3 Å². The molecule has 0 aromatic heterocycles. The lowest BCUT2D eigenvalue weighted by molar-refractivity contribution is 0.531. The van der Waals surface area contributed by atoms with E-state index in [9.17, 15) is 0 Å². The first-order chi connectivity index (χ1) is 9.91. The van der Waals surface area contributed by atoms with Gasteiger partial charge < -0.3 is 0 Å². The summed E-state index contributed by atoms with van der Waals surface area (Å²) in [4.78, 5) is 0. The van der Waals surface area contributed by atoms with Crippen LogP contribution in [0.4, 0.5) is 0 Å². The van der Waals surface area contributed by atoms with E-state index >= 15 is 0 Å². The molecule has 0 aromatic rings. The van der Waals surface area contributed by atoms with Gasteiger partial charge in [-0.15, -0.1) is 0 Å². The molecule has 0 atom stereocenters. The summed E-state index contributed by atoms with van der Waals surface area (Å²) in [6.45, 7) is 3.88. The molecule has 0 saturated carbocycles. The second-order valence-electron chi connectivity index (χ2n) is 6.08. The van der Waals surface area contributed by atoms with Crippen molar-refractivity contribution in [3.8, 4) is 5.92 Å². The second kappa shape index (κ2) is 18.6. The maximum absolute atomic E-state index is 6.83. The summed E-state index contributed by atoms with van der Waals surface area (Å²) in [5, 5.41) is 0. The molecule has 0 N–H and O–H groups in total. The molecule has 0 saturated heterocycles. The smallest absolute Gasteiger partial charge is 0.00989 e. The molecule has 0 fully saturated rings. The minimum atomic E-state index is 0.856. The molecule has 0 aromatic carbocycles. The van der Waals surface area contributed by atoms with Crippen molar-refractivity contribution >= 4 is 0 Å². The van der Waals surface area contributed by atoms with Crippen LogP contribution in [0.1, 0.15) is 109 Å². The second-order valence-corrected chi connectivity index (χ2v) is 6.08. The third-order valence-electron chi connectivity index (χ3n) is 4.05. The average molecular weight is 277 g/mol. The Hall–Kier alpha value is -0.440. The highest BCUT2D eigenvalue weighted by Gasteiger charge is 1.94. The van der Waals surface area contributed by atoms with Gasteiger partial charge in [0.15, 0.2) is 0 Å². The Balaban J connectivity index is 2.91. The van der Waals surface area contributed by atoms with E-state index in [0.29, 0.717) is 0 Å². The quantitative estimate of drug-likeness (QED) is 0.209. The molecular formula is C20H36. The Bertz CT molecular complexity index is 199. The summed E-state index contributed by atoms with van der Waals surface area (Å²) in [7, 11) is 0. The van der Waals surface area contributed by atoms with Crippen LogP contribution in [-0.4, -0.2) is 0 Å². The van der Waals surface area contributed by atoms with Gasteiger partial charge in [-0.2, -0.15) is 0 Å². The van der Waals surface area contributed by atoms with Gasteiger partial charge in [-0.1, -0.05) is 109 Å². The highest BCUT2D eigenvalue weighted by atomic mass is 14.0. The largest absolute Gasteiger partial charge is 0.0891 e. The standard InChI is InChI=1S/C20H36/c1-3-5-7-9-11-13-15-17-19-20-18-16-14-12-10-8-6-4-2/h1,3,5-20H2. The molecule has 0 nitrogen and oxygen atoms in total. The van der Waals surface area contributed by atoms with Crippen molar-refractivity contribution in [2.45, 2.75) is 109 Å². The zero-order valence-corrected chi connectivity index (χ0v) is 13.7. The maximum Gasteiger partial charge on any atom is 0.00989 e. The van der Waals surface area contributed by atoms with Crippen molar-refractivity contribution in [1.29, 1.82) is 0 Å². The minimum absolute atomic E-state index is 0.856. The molecule has 0 heterocycles. The molecule has 0 spiro atoms. The van der Waals surface area contributed by atoms with Crippen molar-refractivity contribution in [3.63, 3.8) is 0 Å². The summed E-state index contributed by atoms with van der Waals surface area (Å²) in [5.74, 6) is 2.46. The van der Waals surface area contributed by atoms with E-state index in [1.165, 1.54) is 89.9 Å². The molecule has 0 aliphatic rings. The van der Waals surface area contributed by atoms with E-state index in [4.69, 9.17) is 6.42 Å². The fourth-order valence-electron chi connectivity index (χ4n) is 2.69. The third-order valence-corrected chi connectivity index (χ3v) is 4.05. The molecule has 2 radical (unpaired) electrons. The van der Waals surface area contributed by atoms with E-state index < -0.39 is 0 Å². The fraction of sp³-hybridized carbons (Fsp3) is 0.850. The van der Waals surface area contributed by atoms with Crippen LogP contribution in [0.2, 0.25) is 0 Å². The van der Waals surface area contributed by atoms with Crippen LogP contribution in [0, 0.1) is 19.3 Å². The van der Waals surface area contributed by atoms with Crippen LogP contribution < -0.4 is 0 Å². The van der Waals surface area contributed by atoms with Crippen LogP contribution in [0.5, 0.6) is 0 Å². The molecule has 0 rings (SSSR count). The van der Waals surface area contributed by atoms with Crippen molar-refractivity contribution in [3.05, 3.63) is 13.3 Å². The first-order valence-electron chi connectivity index (χ1n) is 9.10. The molecule has 0 bridgehead atoms. The third kappa shape index (κ3) is 17.6. The van der Waals surface area contributed by atoms with Crippen LogP contribution in [0.25, 0.3) is 0 Å². The van der Waals surface area contributed by atoms with Gasteiger partial charge in [0.05, 0.1) is 0 Å². The topological polar surface area (TPSA) is 0 Å². The van der Waals surface area contributed by atoms with Gasteiger partial charge >= 0.3 is 0 Å². The SMILES string of the molecule is [C]#CCCCCCCCCCCCCCCCCC[CH2]. The molecular weight excluding hydrogens is 240 g/mol. The lowest BCUT2D eigenvalue weighted by atomic mass is 10.0. The number of hydrogen-bond acceptors (Lipinski definition) is 0. The predicted molar refractivity (Wildman–Crippen MR) is 91.0 cm³/mol. The van der Waals surface area contributed by atoms with E-state index in [1.54, 1.807) is 0 Å². The van der Waals surface area contributed by atoms with Crippen molar-refractivity contribution in [2.24, 2.45) is 0 Å². The lowest BCUT2D eigenvalue weighted by Crippen LogP contribution is -1.83. The van der Waals surface area contributed by atoms with E-state index in [-0.39, 0.29) is 0 Å². The van der Waals surface area contributed by atoms with Crippen LogP contribution in [0.3, 0.4) is 0 Å². The van der Waals surface area contributed by atoms with Crippen molar-refractivity contribution in [1.82, 2.24) is 0 Å². The fourth-order valence-corrected chi connectivity index (χ4v) is 2.69. The zero-order chi connectivity index (χ0) is 14.7. The van der Waals surface area contributed by atoms with Crippen LogP contribution in [0.15, 0.2) is 0 Å². The monoisotopic (exact) mass is 276 g/mol. The molecule has 0 aliphatic carbocycles. The van der Waals surface area contributed by atoms with Gasteiger partial charge in [-0.3, -0.25) is 0 Å². The summed E-state index contributed by atoms with van der Waals surface area (Å²) >= 11 is 0. The van der Waals surface area contributed by atoms with E-state index in [2.05, 4.69) is 12.8 Å². The first kappa shape index (κ1) is 19.6. The maximum atomic E-state index is 6.83. The van der Waals surface area contributed by atoms with E-state index in [1.807, 2.05) is 0 Å². The Kier molecular flexibility index (Phi) is 18.2. The molecule has 0 amide bonds. The predicted octanol–water partition coefficient (Wildman–Crippen LogP) is 7.04. The Morgan fingerprint density at radius 1 is 0.500 bits per heavy atom. The molecule has 0 unspecified atom stereocenters. The van der Waals surface area contributed by atoms with Crippen molar-refractivity contribution in [2.75, 3.05) is 0 Å². The normalized spacial score (nSPS) is 10.6. The zero-order valence-electron chi connectivity index (χ0n) is 13.7. The van der Waals surface area contributed by atoms with Gasteiger partial charge in [-0.25, -0.2) is 0 Å². The summed E-state index contributed by atoms with van der Waals surface area (Å²) in [6, 6.07) is 0. The minimum Gasteiger partial charge on any atom is -0.0891 e. The van der Waals surface area contributed by atoms with Crippen LogP contribution >= 0.6 is 0 Å². The summed E-state index contributed by atoms with van der Waals surface area (Å²) in [6.07, 6.45) is 29.7.